The standard InChI is InChI=1S/C20H32N2OS.2ClH/c1-20(2,3)24-18-7-5-4-6-17(18)19(16-8-14-23-15-9-16)22-12-10-21-11-13-22;;/h4-7,16,19,21H,8-15H2,1-3H3;2*1H/t19-;;/m1../s1. The Balaban J connectivity index is 0.00000169. The molecule has 0 unspecified atom stereocenters. The van der Waals surface area contributed by atoms with E-state index in [1.54, 1.807) is 0 Å². The van der Waals surface area contributed by atoms with Crippen molar-refractivity contribution in [2.75, 3.05) is 39.4 Å². The van der Waals surface area contributed by atoms with E-state index in [-0.39, 0.29) is 29.6 Å². The maximum absolute atomic E-state index is 5.65. The zero-order chi connectivity index (χ0) is 17.0. The van der Waals surface area contributed by atoms with Gasteiger partial charge in [0.25, 0.3) is 0 Å². The monoisotopic (exact) mass is 420 g/mol. The van der Waals surface area contributed by atoms with Gasteiger partial charge in [-0.3, -0.25) is 4.90 Å². The lowest BCUT2D eigenvalue weighted by molar-refractivity contribution is 0.0205. The van der Waals surface area contributed by atoms with Crippen molar-refractivity contribution in [1.29, 1.82) is 0 Å². The molecule has 0 aromatic heterocycles. The zero-order valence-corrected chi connectivity index (χ0v) is 18.7. The number of hydrogen-bond acceptors (Lipinski definition) is 4. The van der Waals surface area contributed by atoms with Gasteiger partial charge in [0, 0.05) is 55.1 Å². The van der Waals surface area contributed by atoms with E-state index in [1.165, 1.54) is 23.3 Å². The maximum Gasteiger partial charge on any atom is 0.0469 e. The van der Waals surface area contributed by atoms with Crippen molar-refractivity contribution in [3.05, 3.63) is 29.8 Å². The van der Waals surface area contributed by atoms with Gasteiger partial charge in [0.2, 0.25) is 0 Å². The Bertz CT molecular complexity index is 509. The summed E-state index contributed by atoms with van der Waals surface area (Å²) in [6.45, 7) is 13.3. The van der Waals surface area contributed by atoms with Crippen LogP contribution in [0.5, 0.6) is 0 Å². The molecule has 0 bridgehead atoms. The van der Waals surface area contributed by atoms with Crippen molar-refractivity contribution in [2.24, 2.45) is 5.92 Å². The van der Waals surface area contributed by atoms with Gasteiger partial charge >= 0.3 is 0 Å². The van der Waals surface area contributed by atoms with Crippen LogP contribution in [0.4, 0.5) is 0 Å². The molecular formula is C20H34Cl2N2OS. The second-order valence-electron chi connectivity index (χ2n) is 7.93. The van der Waals surface area contributed by atoms with Gasteiger partial charge in [-0.25, -0.2) is 0 Å². The van der Waals surface area contributed by atoms with Gasteiger partial charge in [-0.05, 0) is 30.4 Å². The molecule has 0 amide bonds. The number of rotatable bonds is 4. The van der Waals surface area contributed by atoms with Crippen LogP contribution in [0.1, 0.15) is 45.2 Å². The maximum atomic E-state index is 5.65. The van der Waals surface area contributed by atoms with Gasteiger partial charge < -0.3 is 10.1 Å². The number of nitrogens with zero attached hydrogens (tertiary/aromatic N) is 1. The van der Waals surface area contributed by atoms with Crippen molar-refractivity contribution >= 4 is 36.6 Å². The predicted octanol–water partition coefficient (Wildman–Crippen LogP) is 4.79. The van der Waals surface area contributed by atoms with Gasteiger partial charge in [-0.1, -0.05) is 39.0 Å². The van der Waals surface area contributed by atoms with Crippen LogP contribution in [0.3, 0.4) is 0 Å². The molecule has 0 spiro atoms. The number of ether oxygens (including phenoxy) is 1. The van der Waals surface area contributed by atoms with Crippen molar-refractivity contribution in [3.63, 3.8) is 0 Å². The fourth-order valence-electron chi connectivity index (χ4n) is 3.89. The minimum Gasteiger partial charge on any atom is -0.381 e. The first-order valence-electron chi connectivity index (χ1n) is 9.35. The number of piperazine rings is 1. The third kappa shape index (κ3) is 6.57. The molecule has 3 nitrogen and oxygen atoms in total. The summed E-state index contributed by atoms with van der Waals surface area (Å²) in [5.41, 5.74) is 1.53. The third-order valence-corrected chi connectivity index (χ3v) is 6.12. The SMILES string of the molecule is CC(C)(C)Sc1ccccc1[C@@H](C1CCOCC1)N1CCNCC1.Cl.Cl. The second-order valence-corrected chi connectivity index (χ2v) is 9.80. The van der Waals surface area contributed by atoms with Gasteiger partial charge in [0.1, 0.15) is 0 Å². The minimum absolute atomic E-state index is 0. The van der Waals surface area contributed by atoms with Crippen molar-refractivity contribution < 1.29 is 4.74 Å². The number of benzene rings is 1. The van der Waals surface area contributed by atoms with E-state index < -0.39 is 0 Å². The molecule has 2 aliphatic rings. The summed E-state index contributed by atoms with van der Waals surface area (Å²) in [5.74, 6) is 0.707. The average molecular weight is 421 g/mol. The average Bonchev–Trinajstić information content (AvgIpc) is 2.57. The molecule has 2 heterocycles. The molecule has 1 N–H and O–H groups in total. The van der Waals surface area contributed by atoms with Gasteiger partial charge in [-0.15, -0.1) is 36.6 Å². The summed E-state index contributed by atoms with van der Waals surface area (Å²) in [6.07, 6.45) is 2.37. The Morgan fingerprint density at radius 2 is 1.69 bits per heavy atom. The molecule has 0 aliphatic carbocycles. The highest BCUT2D eigenvalue weighted by atomic mass is 35.5. The molecule has 3 rings (SSSR count). The van der Waals surface area contributed by atoms with Crippen LogP contribution >= 0.6 is 36.6 Å². The molecule has 26 heavy (non-hydrogen) atoms. The van der Waals surface area contributed by atoms with E-state index in [2.05, 4.69) is 55.3 Å². The van der Waals surface area contributed by atoms with Crippen LogP contribution in [0.2, 0.25) is 0 Å². The van der Waals surface area contributed by atoms with Crippen LogP contribution in [0, 0.1) is 5.92 Å². The molecule has 6 heteroatoms. The molecule has 0 saturated carbocycles. The van der Waals surface area contributed by atoms with Crippen molar-refractivity contribution in [3.8, 4) is 0 Å². The zero-order valence-electron chi connectivity index (χ0n) is 16.2. The summed E-state index contributed by atoms with van der Waals surface area (Å²) in [5, 5.41) is 3.51. The molecular weight excluding hydrogens is 387 g/mol. The molecule has 0 radical (unpaired) electrons. The first kappa shape index (κ1) is 24.1. The summed E-state index contributed by atoms with van der Waals surface area (Å²) >= 11 is 2.01. The van der Waals surface area contributed by atoms with E-state index >= 15 is 0 Å². The molecule has 1 aromatic carbocycles. The normalized spacial score (nSPS) is 20.7. The molecule has 2 aliphatic heterocycles. The van der Waals surface area contributed by atoms with Gasteiger partial charge in [0.05, 0.1) is 0 Å². The highest BCUT2D eigenvalue weighted by Gasteiger charge is 2.33. The lowest BCUT2D eigenvalue weighted by Crippen LogP contribution is -2.47. The van der Waals surface area contributed by atoms with E-state index in [1.807, 2.05) is 11.8 Å². The van der Waals surface area contributed by atoms with Gasteiger partial charge in [-0.2, -0.15) is 0 Å². The first-order valence-corrected chi connectivity index (χ1v) is 10.2. The van der Waals surface area contributed by atoms with E-state index in [0.29, 0.717) is 12.0 Å². The molecule has 1 atom stereocenters. The van der Waals surface area contributed by atoms with Crippen molar-refractivity contribution in [1.82, 2.24) is 10.2 Å². The molecule has 2 fully saturated rings. The summed E-state index contributed by atoms with van der Waals surface area (Å²) in [4.78, 5) is 4.18. The van der Waals surface area contributed by atoms with Crippen LogP contribution < -0.4 is 5.32 Å². The smallest absolute Gasteiger partial charge is 0.0469 e. The van der Waals surface area contributed by atoms with Gasteiger partial charge in [0.15, 0.2) is 0 Å². The number of hydrogen-bond donors (Lipinski definition) is 1. The Hall–Kier alpha value is 0.0300. The Morgan fingerprint density at radius 3 is 2.31 bits per heavy atom. The van der Waals surface area contributed by atoms with Crippen LogP contribution in [0.25, 0.3) is 0 Å². The first-order chi connectivity index (χ1) is 11.5. The fraction of sp³-hybridized carbons (Fsp3) is 0.700. The largest absolute Gasteiger partial charge is 0.381 e. The topological polar surface area (TPSA) is 24.5 Å². The predicted molar refractivity (Wildman–Crippen MR) is 117 cm³/mol. The number of nitrogens with one attached hydrogen (secondary N) is 1. The Labute approximate surface area is 175 Å². The van der Waals surface area contributed by atoms with Crippen molar-refractivity contribution in [2.45, 2.75) is 49.3 Å². The number of halogens is 2. The summed E-state index contributed by atoms with van der Waals surface area (Å²) < 4.78 is 5.88. The summed E-state index contributed by atoms with van der Waals surface area (Å²) in [6, 6.07) is 9.63. The van der Waals surface area contributed by atoms with Crippen LogP contribution in [-0.2, 0) is 4.74 Å². The van der Waals surface area contributed by atoms with Crippen LogP contribution in [0.15, 0.2) is 29.2 Å². The Kier molecular flexibility index (Phi) is 10.3. The highest BCUT2D eigenvalue weighted by molar-refractivity contribution is 8.00. The summed E-state index contributed by atoms with van der Waals surface area (Å²) in [7, 11) is 0. The molecule has 1 aromatic rings. The van der Waals surface area contributed by atoms with E-state index in [9.17, 15) is 0 Å². The van der Waals surface area contributed by atoms with E-state index in [0.717, 1.165) is 39.4 Å². The Morgan fingerprint density at radius 1 is 1.08 bits per heavy atom. The number of thioether (sulfide) groups is 1. The van der Waals surface area contributed by atoms with Crippen LogP contribution in [-0.4, -0.2) is 49.0 Å². The quantitative estimate of drug-likeness (QED) is 0.707. The van der Waals surface area contributed by atoms with E-state index in [4.69, 9.17) is 4.74 Å². The fourth-order valence-corrected chi connectivity index (χ4v) is 5.00. The second kappa shape index (κ2) is 11.1. The highest BCUT2D eigenvalue weighted by Crippen LogP contribution is 2.42. The third-order valence-electron chi connectivity index (χ3n) is 4.91. The minimum atomic E-state index is 0. The lowest BCUT2D eigenvalue weighted by Gasteiger charge is -2.42. The molecule has 2 saturated heterocycles. The molecule has 150 valence electrons. The lowest BCUT2D eigenvalue weighted by atomic mass is 9.85.